The summed E-state index contributed by atoms with van der Waals surface area (Å²) >= 11 is 5.98. The molecule has 1 atom stereocenters. The van der Waals surface area contributed by atoms with Crippen LogP contribution in [0.15, 0.2) is 59.5 Å². The predicted molar refractivity (Wildman–Crippen MR) is 81.2 cm³/mol. The fourth-order valence-electron chi connectivity index (χ4n) is 1.94. The zero-order valence-corrected chi connectivity index (χ0v) is 13.0. The van der Waals surface area contributed by atoms with E-state index in [1.807, 2.05) is 18.2 Å². The summed E-state index contributed by atoms with van der Waals surface area (Å²) in [7, 11) is -3.80. The molecule has 0 aliphatic carbocycles. The monoisotopic (exact) mass is 327 g/mol. The third-order valence-electron chi connectivity index (χ3n) is 3.16. The van der Waals surface area contributed by atoms with Crippen LogP contribution in [0.5, 0.6) is 0 Å². The molecule has 0 radical (unpaired) electrons. The van der Waals surface area contributed by atoms with Gasteiger partial charge in [-0.1, -0.05) is 30.3 Å². The molecule has 0 aromatic heterocycles. The molecule has 0 spiro atoms. The van der Waals surface area contributed by atoms with E-state index in [0.717, 1.165) is 17.7 Å². The van der Waals surface area contributed by atoms with E-state index in [4.69, 9.17) is 11.6 Å². The van der Waals surface area contributed by atoms with Crippen LogP contribution in [0.25, 0.3) is 0 Å². The van der Waals surface area contributed by atoms with Gasteiger partial charge in [-0.05, 0) is 36.8 Å². The summed E-state index contributed by atoms with van der Waals surface area (Å²) in [6.45, 7) is 1.70. The van der Waals surface area contributed by atoms with Gasteiger partial charge in [0.2, 0.25) is 10.0 Å². The lowest BCUT2D eigenvalue weighted by Crippen LogP contribution is -2.44. The summed E-state index contributed by atoms with van der Waals surface area (Å²) < 4.78 is 40.3. The highest BCUT2D eigenvalue weighted by atomic mass is 35.5. The third-order valence-corrected chi connectivity index (χ3v) is 5.31. The van der Waals surface area contributed by atoms with Crippen molar-refractivity contribution in [1.29, 1.82) is 0 Å². The van der Waals surface area contributed by atoms with Crippen molar-refractivity contribution in [2.24, 2.45) is 0 Å². The Balaban J connectivity index is 2.35. The van der Waals surface area contributed by atoms with Crippen molar-refractivity contribution in [3.63, 3.8) is 0 Å². The molecule has 1 N–H and O–H groups in total. The summed E-state index contributed by atoms with van der Waals surface area (Å²) in [6, 6.07) is 13.7. The second kappa shape index (κ2) is 6.13. The van der Waals surface area contributed by atoms with Crippen LogP contribution in [0.2, 0.25) is 0 Å². The number of alkyl halides is 1. The molecule has 112 valence electrons. The zero-order valence-electron chi connectivity index (χ0n) is 11.4. The van der Waals surface area contributed by atoms with Crippen LogP contribution < -0.4 is 4.72 Å². The lowest BCUT2D eigenvalue weighted by atomic mass is 9.96. The minimum absolute atomic E-state index is 0.00354. The standard InChI is InChI=1S/C15H15ClFNO2S/c1-15(11-16,12-5-3-2-4-6-12)18-21(19,20)14-9-7-13(17)8-10-14/h2-10,18H,11H2,1H3. The molecule has 0 bridgehead atoms. The van der Waals surface area contributed by atoms with Gasteiger partial charge in [0, 0.05) is 5.88 Å². The maximum atomic E-state index is 12.9. The van der Waals surface area contributed by atoms with E-state index in [9.17, 15) is 12.8 Å². The van der Waals surface area contributed by atoms with E-state index in [0.29, 0.717) is 0 Å². The van der Waals surface area contributed by atoms with E-state index in [2.05, 4.69) is 4.72 Å². The molecule has 0 heterocycles. The van der Waals surface area contributed by atoms with Crippen molar-refractivity contribution in [3.8, 4) is 0 Å². The van der Waals surface area contributed by atoms with Gasteiger partial charge in [-0.2, -0.15) is 4.72 Å². The zero-order chi connectivity index (χ0) is 15.5. The average molecular weight is 328 g/mol. The van der Waals surface area contributed by atoms with E-state index < -0.39 is 21.4 Å². The van der Waals surface area contributed by atoms with Crippen molar-refractivity contribution in [3.05, 3.63) is 66.0 Å². The van der Waals surface area contributed by atoms with Crippen molar-refractivity contribution in [1.82, 2.24) is 4.72 Å². The van der Waals surface area contributed by atoms with E-state index >= 15 is 0 Å². The number of nitrogens with one attached hydrogen (secondary N) is 1. The summed E-state index contributed by atoms with van der Waals surface area (Å²) in [6.07, 6.45) is 0. The first-order chi connectivity index (χ1) is 9.87. The van der Waals surface area contributed by atoms with Crippen molar-refractivity contribution >= 4 is 21.6 Å². The van der Waals surface area contributed by atoms with Crippen molar-refractivity contribution in [2.45, 2.75) is 17.4 Å². The van der Waals surface area contributed by atoms with Crippen molar-refractivity contribution < 1.29 is 12.8 Å². The van der Waals surface area contributed by atoms with Gasteiger partial charge in [-0.25, -0.2) is 12.8 Å². The highest BCUT2D eigenvalue weighted by molar-refractivity contribution is 7.89. The molecule has 1 unspecified atom stereocenters. The molecule has 0 saturated heterocycles. The molecule has 6 heteroatoms. The second-order valence-electron chi connectivity index (χ2n) is 4.89. The Morgan fingerprint density at radius 3 is 2.19 bits per heavy atom. The van der Waals surface area contributed by atoms with Gasteiger partial charge in [0.25, 0.3) is 0 Å². The molecule has 0 amide bonds. The SMILES string of the molecule is CC(CCl)(NS(=O)(=O)c1ccc(F)cc1)c1ccccc1. The lowest BCUT2D eigenvalue weighted by molar-refractivity contribution is 0.477. The van der Waals surface area contributed by atoms with Crippen LogP contribution in [-0.4, -0.2) is 14.3 Å². The van der Waals surface area contributed by atoms with Gasteiger partial charge in [0.15, 0.2) is 0 Å². The van der Waals surface area contributed by atoms with Crippen LogP contribution >= 0.6 is 11.6 Å². The van der Waals surface area contributed by atoms with E-state index in [-0.39, 0.29) is 10.8 Å². The molecule has 0 fully saturated rings. The number of halogens is 2. The number of benzene rings is 2. The number of rotatable bonds is 5. The smallest absolute Gasteiger partial charge is 0.207 e. The molecule has 2 aromatic carbocycles. The topological polar surface area (TPSA) is 46.2 Å². The summed E-state index contributed by atoms with van der Waals surface area (Å²) in [4.78, 5) is -0.00354. The highest BCUT2D eigenvalue weighted by Crippen LogP contribution is 2.25. The maximum absolute atomic E-state index is 12.9. The normalized spacial score (nSPS) is 14.6. The van der Waals surface area contributed by atoms with Crippen LogP contribution in [0.3, 0.4) is 0 Å². The van der Waals surface area contributed by atoms with E-state index in [1.54, 1.807) is 19.1 Å². The number of hydrogen-bond donors (Lipinski definition) is 1. The molecule has 3 nitrogen and oxygen atoms in total. The van der Waals surface area contributed by atoms with Crippen LogP contribution in [0, 0.1) is 5.82 Å². The Morgan fingerprint density at radius 1 is 1.10 bits per heavy atom. The minimum Gasteiger partial charge on any atom is -0.207 e. The molecule has 0 aliphatic rings. The number of sulfonamides is 1. The lowest BCUT2D eigenvalue weighted by Gasteiger charge is -2.28. The van der Waals surface area contributed by atoms with Crippen LogP contribution in [0.1, 0.15) is 12.5 Å². The number of hydrogen-bond acceptors (Lipinski definition) is 2. The fraction of sp³-hybridized carbons (Fsp3) is 0.200. The molecule has 0 aliphatic heterocycles. The summed E-state index contributed by atoms with van der Waals surface area (Å²) in [5.74, 6) is -0.422. The first-order valence-corrected chi connectivity index (χ1v) is 8.30. The van der Waals surface area contributed by atoms with Crippen LogP contribution in [-0.2, 0) is 15.6 Å². The van der Waals surface area contributed by atoms with E-state index in [1.165, 1.54) is 12.1 Å². The first kappa shape index (κ1) is 15.9. The summed E-state index contributed by atoms with van der Waals surface area (Å²) in [5.41, 5.74) is -0.193. The van der Waals surface area contributed by atoms with Gasteiger partial charge >= 0.3 is 0 Å². The average Bonchev–Trinajstić information content (AvgIpc) is 2.48. The molecular weight excluding hydrogens is 313 g/mol. The van der Waals surface area contributed by atoms with Gasteiger partial charge in [-0.3, -0.25) is 0 Å². The highest BCUT2D eigenvalue weighted by Gasteiger charge is 2.31. The Hall–Kier alpha value is -1.43. The van der Waals surface area contributed by atoms with Crippen LogP contribution in [0.4, 0.5) is 4.39 Å². The fourth-order valence-corrected chi connectivity index (χ4v) is 3.63. The predicted octanol–water partition coefficient (Wildman–Crippen LogP) is 3.26. The Kier molecular flexibility index (Phi) is 4.66. The quantitative estimate of drug-likeness (QED) is 0.857. The van der Waals surface area contributed by atoms with Gasteiger partial charge in [0.1, 0.15) is 5.82 Å². The Morgan fingerprint density at radius 2 is 1.67 bits per heavy atom. The third kappa shape index (κ3) is 3.61. The second-order valence-corrected chi connectivity index (χ2v) is 6.84. The molecule has 2 aromatic rings. The van der Waals surface area contributed by atoms with Crippen molar-refractivity contribution in [2.75, 3.05) is 5.88 Å². The van der Waals surface area contributed by atoms with Gasteiger partial charge < -0.3 is 0 Å². The summed E-state index contributed by atoms with van der Waals surface area (Å²) in [5, 5.41) is 0. The molecule has 0 saturated carbocycles. The molecule has 2 rings (SSSR count). The molecule has 21 heavy (non-hydrogen) atoms. The maximum Gasteiger partial charge on any atom is 0.241 e. The Labute approximate surface area is 128 Å². The molecular formula is C15H15ClFNO2S. The first-order valence-electron chi connectivity index (χ1n) is 6.28. The Bertz CT molecular complexity index is 704. The van der Waals surface area contributed by atoms with Gasteiger partial charge in [0.05, 0.1) is 10.4 Å². The minimum atomic E-state index is -3.80. The largest absolute Gasteiger partial charge is 0.241 e. The van der Waals surface area contributed by atoms with Gasteiger partial charge in [-0.15, -0.1) is 11.6 Å².